The summed E-state index contributed by atoms with van der Waals surface area (Å²) in [7, 11) is 0. The highest BCUT2D eigenvalue weighted by atomic mass is 19.1. The molecular weight excluding hydrogens is 383 g/mol. The molecule has 172 valence electrons. The molecule has 0 radical (unpaired) electrons. The predicted octanol–water partition coefficient (Wildman–Crippen LogP) is 8.30. The molecule has 0 amide bonds. The normalized spacial score (nSPS) is 30.7. The number of hydrogen-bond acceptors (Lipinski definition) is 1. The second-order valence-electron chi connectivity index (χ2n) is 10.7. The Bertz CT molecular complexity index is 738. The maximum absolute atomic E-state index is 14.9. The largest absolute Gasteiger partial charge is 0.489 e. The maximum Gasteiger partial charge on any atom is 0.130 e. The molecule has 5 unspecified atom stereocenters. The van der Waals surface area contributed by atoms with E-state index in [1.165, 1.54) is 76.2 Å². The fourth-order valence-electron chi connectivity index (χ4n) is 6.94. The van der Waals surface area contributed by atoms with Gasteiger partial charge in [-0.1, -0.05) is 51.2 Å². The summed E-state index contributed by atoms with van der Waals surface area (Å²) >= 11 is 0. The number of hydrogen-bond donors (Lipinski definition) is 0. The van der Waals surface area contributed by atoms with Crippen molar-refractivity contribution >= 4 is 0 Å². The van der Waals surface area contributed by atoms with Crippen LogP contribution in [0.15, 0.2) is 24.3 Å². The fourth-order valence-corrected chi connectivity index (χ4v) is 6.94. The molecule has 0 spiro atoms. The van der Waals surface area contributed by atoms with Gasteiger partial charge in [0.15, 0.2) is 0 Å². The molecule has 5 atom stereocenters. The van der Waals surface area contributed by atoms with Gasteiger partial charge in [0.1, 0.15) is 18.2 Å². The zero-order valence-corrected chi connectivity index (χ0v) is 19.9. The number of ether oxygens (including phenoxy) is 1. The first kappa shape index (κ1) is 22.9. The Morgan fingerprint density at radius 1 is 0.968 bits per heavy atom. The maximum atomic E-state index is 14.9. The molecule has 4 rings (SSSR count). The molecule has 1 nitrogen and oxygen atoms in total. The lowest BCUT2D eigenvalue weighted by molar-refractivity contribution is 0.0687. The smallest absolute Gasteiger partial charge is 0.130 e. The Hall–Kier alpha value is -1.31. The molecule has 0 aliphatic heterocycles. The number of benzene rings is 1. The van der Waals surface area contributed by atoms with Crippen LogP contribution in [0.1, 0.15) is 95.6 Å². The molecule has 3 aliphatic rings. The SMILES string of the molecule is C/C=C/COc1cc(F)c2c(c1)CCC(C1CCC3CC(CCCCC)CCC3C1)C2. The van der Waals surface area contributed by atoms with Gasteiger partial charge in [0.25, 0.3) is 0 Å². The Morgan fingerprint density at radius 3 is 2.55 bits per heavy atom. The van der Waals surface area contributed by atoms with Gasteiger partial charge < -0.3 is 4.74 Å². The van der Waals surface area contributed by atoms with Gasteiger partial charge in [-0.2, -0.15) is 0 Å². The fraction of sp³-hybridized carbons (Fsp3) is 0.724. The second kappa shape index (κ2) is 11.0. The highest BCUT2D eigenvalue weighted by molar-refractivity contribution is 5.39. The summed E-state index contributed by atoms with van der Waals surface area (Å²) in [5, 5.41) is 0. The highest BCUT2D eigenvalue weighted by Gasteiger charge is 2.38. The summed E-state index contributed by atoms with van der Waals surface area (Å²) in [6, 6.07) is 3.70. The molecule has 1 aromatic carbocycles. The molecule has 31 heavy (non-hydrogen) atoms. The monoisotopic (exact) mass is 426 g/mol. The number of unbranched alkanes of at least 4 members (excludes halogenated alkanes) is 2. The van der Waals surface area contributed by atoms with Gasteiger partial charge in [-0.3, -0.25) is 0 Å². The Kier molecular flexibility index (Phi) is 8.13. The molecule has 1 aromatic rings. The molecule has 0 heterocycles. The molecule has 3 aliphatic carbocycles. The first-order chi connectivity index (χ1) is 15.2. The molecular formula is C29H43FO. The standard InChI is InChI=1S/C29H43FO/c1-3-5-7-8-21-9-10-23-17-24(12-11-22(23)16-21)25-13-14-26-18-27(31-15-6-4-2)20-29(30)28(26)19-25/h4,6,18,20-25H,3,5,7-17,19H2,1-2H3/b6-4+. The van der Waals surface area contributed by atoms with E-state index in [2.05, 4.69) is 13.0 Å². The van der Waals surface area contributed by atoms with Gasteiger partial charge in [0, 0.05) is 6.07 Å². The van der Waals surface area contributed by atoms with E-state index in [1.54, 1.807) is 6.07 Å². The van der Waals surface area contributed by atoms with Crippen LogP contribution >= 0.6 is 0 Å². The lowest BCUT2D eigenvalue weighted by Gasteiger charge is -2.45. The third-order valence-electron chi connectivity index (χ3n) is 8.74. The van der Waals surface area contributed by atoms with E-state index in [-0.39, 0.29) is 5.82 Å². The van der Waals surface area contributed by atoms with E-state index in [0.717, 1.165) is 42.1 Å². The lowest BCUT2D eigenvalue weighted by atomic mass is 9.61. The van der Waals surface area contributed by atoms with Crippen molar-refractivity contribution in [3.05, 3.63) is 41.2 Å². The second-order valence-corrected chi connectivity index (χ2v) is 10.7. The van der Waals surface area contributed by atoms with Crippen molar-refractivity contribution in [2.45, 2.75) is 97.3 Å². The van der Waals surface area contributed by atoms with Crippen molar-refractivity contribution in [3.63, 3.8) is 0 Å². The minimum absolute atomic E-state index is 0.0426. The van der Waals surface area contributed by atoms with Crippen molar-refractivity contribution in [2.75, 3.05) is 6.61 Å². The van der Waals surface area contributed by atoms with Crippen LogP contribution in [-0.2, 0) is 12.8 Å². The Labute approximate surface area is 189 Å². The number of allylic oxidation sites excluding steroid dienone is 1. The quantitative estimate of drug-likeness (QED) is 0.300. The average Bonchev–Trinajstić information content (AvgIpc) is 2.79. The first-order valence-electron chi connectivity index (χ1n) is 13.2. The van der Waals surface area contributed by atoms with E-state index >= 15 is 0 Å². The number of fused-ring (bicyclic) bond motifs is 2. The van der Waals surface area contributed by atoms with E-state index in [1.807, 2.05) is 19.1 Å². The van der Waals surface area contributed by atoms with Crippen molar-refractivity contribution in [3.8, 4) is 5.75 Å². The Balaban J connectivity index is 1.32. The molecule has 0 N–H and O–H groups in total. The van der Waals surface area contributed by atoms with Crippen LogP contribution in [0.5, 0.6) is 5.75 Å². The summed E-state index contributed by atoms with van der Waals surface area (Å²) in [6.45, 7) is 4.80. The van der Waals surface area contributed by atoms with Gasteiger partial charge in [-0.25, -0.2) is 4.39 Å². The molecule has 2 heteroatoms. The van der Waals surface area contributed by atoms with Gasteiger partial charge in [0.05, 0.1) is 0 Å². The van der Waals surface area contributed by atoms with Crippen LogP contribution in [0.2, 0.25) is 0 Å². The molecule has 0 saturated heterocycles. The van der Waals surface area contributed by atoms with Gasteiger partial charge in [0.2, 0.25) is 0 Å². The zero-order chi connectivity index (χ0) is 21.6. The van der Waals surface area contributed by atoms with Crippen molar-refractivity contribution in [1.29, 1.82) is 0 Å². The van der Waals surface area contributed by atoms with Crippen LogP contribution in [0.3, 0.4) is 0 Å². The third kappa shape index (κ3) is 5.74. The number of halogens is 1. The Morgan fingerprint density at radius 2 is 1.74 bits per heavy atom. The summed E-state index contributed by atoms with van der Waals surface area (Å²) in [6.07, 6.45) is 21.4. The van der Waals surface area contributed by atoms with Crippen LogP contribution < -0.4 is 4.74 Å². The van der Waals surface area contributed by atoms with Crippen LogP contribution in [-0.4, -0.2) is 6.61 Å². The van der Waals surface area contributed by atoms with E-state index in [4.69, 9.17) is 4.74 Å². The van der Waals surface area contributed by atoms with Crippen molar-refractivity contribution in [2.24, 2.45) is 29.6 Å². The predicted molar refractivity (Wildman–Crippen MR) is 128 cm³/mol. The van der Waals surface area contributed by atoms with E-state index in [0.29, 0.717) is 18.3 Å². The van der Waals surface area contributed by atoms with Crippen molar-refractivity contribution < 1.29 is 9.13 Å². The summed E-state index contributed by atoms with van der Waals surface area (Å²) in [5.41, 5.74) is 2.17. The van der Waals surface area contributed by atoms with Gasteiger partial charge in [-0.05, 0) is 105 Å². The minimum Gasteiger partial charge on any atom is -0.489 e. The van der Waals surface area contributed by atoms with Gasteiger partial charge >= 0.3 is 0 Å². The molecule has 0 bridgehead atoms. The average molecular weight is 427 g/mol. The summed E-state index contributed by atoms with van der Waals surface area (Å²) < 4.78 is 20.6. The number of rotatable bonds is 8. The molecule has 0 aromatic heterocycles. The third-order valence-corrected chi connectivity index (χ3v) is 8.74. The zero-order valence-electron chi connectivity index (χ0n) is 19.9. The van der Waals surface area contributed by atoms with Crippen LogP contribution in [0, 0.1) is 35.4 Å². The lowest BCUT2D eigenvalue weighted by Crippen LogP contribution is -2.35. The number of aryl methyl sites for hydroxylation is 1. The molecule has 2 saturated carbocycles. The topological polar surface area (TPSA) is 9.23 Å². The van der Waals surface area contributed by atoms with Crippen LogP contribution in [0.4, 0.5) is 4.39 Å². The molecule has 2 fully saturated rings. The summed E-state index contributed by atoms with van der Waals surface area (Å²) in [5.74, 6) is 5.08. The van der Waals surface area contributed by atoms with E-state index in [9.17, 15) is 4.39 Å². The summed E-state index contributed by atoms with van der Waals surface area (Å²) in [4.78, 5) is 0. The van der Waals surface area contributed by atoms with Crippen LogP contribution in [0.25, 0.3) is 0 Å². The van der Waals surface area contributed by atoms with E-state index < -0.39 is 0 Å². The highest BCUT2D eigenvalue weighted by Crippen LogP contribution is 2.49. The minimum atomic E-state index is -0.0426. The van der Waals surface area contributed by atoms with Gasteiger partial charge in [-0.15, -0.1) is 0 Å². The van der Waals surface area contributed by atoms with Crippen molar-refractivity contribution in [1.82, 2.24) is 0 Å². The first-order valence-corrected chi connectivity index (χ1v) is 13.2.